The number of benzene rings is 3. The second kappa shape index (κ2) is 12.5. The van der Waals surface area contributed by atoms with Crippen molar-refractivity contribution in [3.05, 3.63) is 92.9 Å². The van der Waals surface area contributed by atoms with Gasteiger partial charge in [-0.15, -0.1) is 11.8 Å². The van der Waals surface area contributed by atoms with E-state index in [2.05, 4.69) is 26.5 Å². The van der Waals surface area contributed by atoms with Gasteiger partial charge in [-0.3, -0.25) is 4.79 Å². The van der Waals surface area contributed by atoms with E-state index in [1.54, 1.807) is 19.4 Å². The number of hydrogen-bond donors (Lipinski definition) is 1. The monoisotopic (exact) mass is 532 g/mol. The highest BCUT2D eigenvalue weighted by Gasteiger charge is 2.11. The van der Waals surface area contributed by atoms with Crippen LogP contribution in [0, 0.1) is 0 Å². The van der Waals surface area contributed by atoms with Crippen molar-refractivity contribution in [2.45, 2.75) is 12.4 Å². The second-order valence-corrected chi connectivity index (χ2v) is 9.00. The van der Waals surface area contributed by atoms with E-state index in [1.165, 1.54) is 11.8 Å². The number of ether oxygens (including phenoxy) is 2. The average molecular weight is 534 g/mol. The second-order valence-electron chi connectivity index (χ2n) is 6.72. The van der Waals surface area contributed by atoms with E-state index in [0.29, 0.717) is 34.6 Å². The van der Waals surface area contributed by atoms with Gasteiger partial charge in [0.2, 0.25) is 5.91 Å². The predicted octanol–water partition coefficient (Wildman–Crippen LogP) is 6.07. The van der Waals surface area contributed by atoms with E-state index in [1.807, 2.05) is 60.7 Å². The summed E-state index contributed by atoms with van der Waals surface area (Å²) in [6, 6.07) is 21.1. The van der Waals surface area contributed by atoms with Crippen molar-refractivity contribution in [1.82, 2.24) is 5.43 Å². The highest BCUT2D eigenvalue weighted by atomic mass is 79.9. The van der Waals surface area contributed by atoms with Gasteiger partial charge in [0, 0.05) is 10.8 Å². The number of nitrogens with zero attached hydrogens (tertiary/aromatic N) is 1. The van der Waals surface area contributed by atoms with E-state index in [0.717, 1.165) is 21.2 Å². The molecule has 8 heteroatoms. The Morgan fingerprint density at radius 2 is 1.91 bits per heavy atom. The van der Waals surface area contributed by atoms with E-state index in [-0.39, 0.29) is 5.91 Å². The zero-order chi connectivity index (χ0) is 22.8. The maximum absolute atomic E-state index is 12.0. The Morgan fingerprint density at radius 1 is 1.12 bits per heavy atom. The van der Waals surface area contributed by atoms with Crippen LogP contribution >= 0.6 is 39.3 Å². The highest BCUT2D eigenvalue weighted by Crippen LogP contribution is 2.36. The number of thioether (sulfide) groups is 1. The lowest BCUT2D eigenvalue weighted by atomic mass is 10.2. The van der Waals surface area contributed by atoms with Crippen LogP contribution in [0.5, 0.6) is 11.5 Å². The van der Waals surface area contributed by atoms with Gasteiger partial charge >= 0.3 is 0 Å². The Labute approximate surface area is 205 Å². The van der Waals surface area contributed by atoms with Gasteiger partial charge < -0.3 is 9.47 Å². The smallest absolute Gasteiger partial charge is 0.250 e. The molecule has 0 aliphatic rings. The summed E-state index contributed by atoms with van der Waals surface area (Å²) >= 11 is 11.0. The van der Waals surface area contributed by atoms with Crippen molar-refractivity contribution in [1.29, 1.82) is 0 Å². The largest absolute Gasteiger partial charge is 0.493 e. The maximum atomic E-state index is 12.0. The number of carbonyl (C=O) groups is 1. The molecule has 0 saturated carbocycles. The molecule has 5 nitrogen and oxygen atoms in total. The first kappa shape index (κ1) is 24.2. The average Bonchev–Trinajstić information content (AvgIpc) is 2.79. The number of nitrogens with one attached hydrogen (secondary N) is 1. The molecule has 0 radical (unpaired) electrons. The lowest BCUT2D eigenvalue weighted by molar-refractivity contribution is -0.118. The molecule has 3 rings (SSSR count). The van der Waals surface area contributed by atoms with Gasteiger partial charge in [0.1, 0.15) is 6.61 Å². The molecule has 0 unspecified atom stereocenters. The first-order chi connectivity index (χ1) is 15.5. The standard InChI is InChI=1S/C24H22BrClN2O3S/c1-30-22-12-19(11-21(25)24(22)31-14-17-6-3-2-4-7-17)13-27-28-23(29)16-32-15-18-8-5-9-20(26)10-18/h2-13H,14-16H2,1H3,(H,28,29)/b27-13-. The number of rotatable bonds is 10. The van der Waals surface area contributed by atoms with Gasteiger partial charge in [0.05, 0.1) is 23.5 Å². The lowest BCUT2D eigenvalue weighted by Crippen LogP contribution is -2.19. The molecule has 3 aromatic carbocycles. The van der Waals surface area contributed by atoms with Crippen LogP contribution in [0.15, 0.2) is 76.3 Å². The Kier molecular flexibility index (Phi) is 9.46. The Hall–Kier alpha value is -2.48. The fraction of sp³-hybridized carbons (Fsp3) is 0.167. The van der Waals surface area contributed by atoms with Crippen LogP contribution in [0.4, 0.5) is 0 Å². The number of hydrogen-bond acceptors (Lipinski definition) is 5. The number of halogens is 2. The van der Waals surface area contributed by atoms with Gasteiger partial charge in [-0.1, -0.05) is 54.1 Å². The Balaban J connectivity index is 1.52. The highest BCUT2D eigenvalue weighted by molar-refractivity contribution is 9.10. The molecule has 0 heterocycles. The molecule has 0 aromatic heterocycles. The summed E-state index contributed by atoms with van der Waals surface area (Å²) in [7, 11) is 1.58. The van der Waals surface area contributed by atoms with Crippen LogP contribution < -0.4 is 14.9 Å². The maximum Gasteiger partial charge on any atom is 0.250 e. The van der Waals surface area contributed by atoms with Gasteiger partial charge in [-0.25, -0.2) is 5.43 Å². The third kappa shape index (κ3) is 7.58. The third-order valence-corrected chi connectivity index (χ3v) is 6.10. The predicted molar refractivity (Wildman–Crippen MR) is 135 cm³/mol. The number of carbonyl (C=O) groups excluding carboxylic acids is 1. The molecule has 32 heavy (non-hydrogen) atoms. The van der Waals surface area contributed by atoms with Crippen molar-refractivity contribution in [2.75, 3.05) is 12.9 Å². The van der Waals surface area contributed by atoms with Crippen molar-refractivity contribution in [3.63, 3.8) is 0 Å². The summed E-state index contributed by atoms with van der Waals surface area (Å²) in [4.78, 5) is 12.0. The molecule has 0 saturated heterocycles. The molecule has 1 N–H and O–H groups in total. The van der Waals surface area contributed by atoms with Crippen molar-refractivity contribution in [2.24, 2.45) is 5.10 Å². The lowest BCUT2D eigenvalue weighted by Gasteiger charge is -2.13. The zero-order valence-electron chi connectivity index (χ0n) is 17.4. The van der Waals surface area contributed by atoms with Gasteiger partial charge in [0.25, 0.3) is 0 Å². The van der Waals surface area contributed by atoms with E-state index >= 15 is 0 Å². The summed E-state index contributed by atoms with van der Waals surface area (Å²) in [5.74, 6) is 1.99. The first-order valence-electron chi connectivity index (χ1n) is 9.73. The summed E-state index contributed by atoms with van der Waals surface area (Å²) in [6.07, 6.45) is 1.56. The van der Waals surface area contributed by atoms with Crippen molar-refractivity contribution >= 4 is 51.4 Å². The van der Waals surface area contributed by atoms with Crippen molar-refractivity contribution in [3.8, 4) is 11.5 Å². The molecular weight excluding hydrogens is 512 g/mol. The van der Waals surface area contributed by atoms with Crippen LogP contribution in [0.25, 0.3) is 0 Å². The minimum atomic E-state index is -0.179. The summed E-state index contributed by atoms with van der Waals surface area (Å²) in [6.45, 7) is 0.423. The van der Waals surface area contributed by atoms with Crippen LogP contribution in [0.2, 0.25) is 5.02 Å². The molecule has 0 fully saturated rings. The van der Waals surface area contributed by atoms with E-state index in [4.69, 9.17) is 21.1 Å². The molecular formula is C24H22BrClN2O3S. The topological polar surface area (TPSA) is 59.9 Å². The molecule has 0 spiro atoms. The number of amides is 1. The van der Waals surface area contributed by atoms with Gasteiger partial charge in [-0.05, 0) is 56.9 Å². The van der Waals surface area contributed by atoms with E-state index < -0.39 is 0 Å². The number of methoxy groups -OCH3 is 1. The summed E-state index contributed by atoms with van der Waals surface area (Å²) in [5.41, 5.74) is 5.43. The van der Waals surface area contributed by atoms with Crippen LogP contribution in [-0.2, 0) is 17.2 Å². The van der Waals surface area contributed by atoms with Crippen molar-refractivity contribution < 1.29 is 14.3 Å². The van der Waals surface area contributed by atoms with Crippen LogP contribution in [0.1, 0.15) is 16.7 Å². The van der Waals surface area contributed by atoms with Gasteiger partial charge in [0.15, 0.2) is 11.5 Å². The first-order valence-corrected chi connectivity index (χ1v) is 12.1. The Bertz CT molecular complexity index is 1080. The Morgan fingerprint density at radius 3 is 2.66 bits per heavy atom. The quantitative estimate of drug-likeness (QED) is 0.254. The normalized spacial score (nSPS) is 10.8. The van der Waals surface area contributed by atoms with Crippen LogP contribution in [-0.4, -0.2) is 25.0 Å². The molecule has 0 atom stereocenters. The third-order valence-electron chi connectivity index (χ3n) is 4.27. The van der Waals surface area contributed by atoms with E-state index in [9.17, 15) is 4.79 Å². The fourth-order valence-corrected chi connectivity index (χ4v) is 4.34. The molecule has 1 amide bonds. The number of hydrazone groups is 1. The zero-order valence-corrected chi connectivity index (χ0v) is 20.5. The minimum Gasteiger partial charge on any atom is -0.493 e. The van der Waals surface area contributed by atoms with Gasteiger partial charge in [-0.2, -0.15) is 5.10 Å². The van der Waals surface area contributed by atoms with Crippen LogP contribution in [0.3, 0.4) is 0 Å². The fourth-order valence-electron chi connectivity index (χ4n) is 2.78. The SMILES string of the molecule is COc1cc(/C=N\NC(=O)CSCc2cccc(Cl)c2)cc(Br)c1OCc1ccccc1. The molecule has 3 aromatic rings. The summed E-state index contributed by atoms with van der Waals surface area (Å²) < 4.78 is 12.1. The molecule has 0 aliphatic heterocycles. The molecule has 0 bridgehead atoms. The summed E-state index contributed by atoms with van der Waals surface area (Å²) in [5, 5.41) is 4.73. The molecule has 166 valence electrons. The minimum absolute atomic E-state index is 0.179. The molecule has 0 aliphatic carbocycles.